The molecule has 0 aliphatic heterocycles. The monoisotopic (exact) mass is 449 g/mol. The first kappa shape index (κ1) is 21.4. The molecule has 0 saturated carbocycles. The van der Waals surface area contributed by atoms with Gasteiger partial charge in [-0.3, -0.25) is 9.52 Å². The van der Waals surface area contributed by atoms with Gasteiger partial charge in [0.05, 0.1) is 9.79 Å². The van der Waals surface area contributed by atoms with Crippen LogP contribution >= 0.6 is 0 Å². The minimum absolute atomic E-state index is 0.0994. The molecular formula is C19H16FN3O5S2. The van der Waals surface area contributed by atoms with Crippen molar-refractivity contribution in [2.45, 2.75) is 9.79 Å². The minimum atomic E-state index is -3.97. The number of amides is 1. The third kappa shape index (κ3) is 5.20. The van der Waals surface area contributed by atoms with Gasteiger partial charge in [-0.05, 0) is 66.7 Å². The summed E-state index contributed by atoms with van der Waals surface area (Å²) in [5, 5.41) is 7.60. The number of carbonyl (C=O) groups is 1. The normalized spacial score (nSPS) is 11.7. The number of hydrogen-bond acceptors (Lipinski definition) is 5. The average Bonchev–Trinajstić information content (AvgIpc) is 2.68. The van der Waals surface area contributed by atoms with Crippen molar-refractivity contribution in [2.24, 2.45) is 5.14 Å². The van der Waals surface area contributed by atoms with E-state index in [1.54, 1.807) is 0 Å². The molecule has 0 fully saturated rings. The van der Waals surface area contributed by atoms with Gasteiger partial charge in [0.15, 0.2) is 0 Å². The molecule has 8 nitrogen and oxygen atoms in total. The summed E-state index contributed by atoms with van der Waals surface area (Å²) in [6.07, 6.45) is 0. The maximum absolute atomic E-state index is 13.0. The van der Waals surface area contributed by atoms with Crippen LogP contribution in [-0.4, -0.2) is 22.7 Å². The molecule has 0 atom stereocenters. The molecule has 156 valence electrons. The summed E-state index contributed by atoms with van der Waals surface area (Å²) < 4.78 is 62.7. The lowest BCUT2D eigenvalue weighted by atomic mass is 10.2. The molecule has 3 rings (SSSR count). The highest BCUT2D eigenvalue weighted by Crippen LogP contribution is 2.19. The number of hydrogen-bond donors (Lipinski definition) is 3. The van der Waals surface area contributed by atoms with E-state index in [4.69, 9.17) is 5.14 Å². The lowest BCUT2D eigenvalue weighted by molar-refractivity contribution is 0.102. The zero-order chi connectivity index (χ0) is 21.9. The van der Waals surface area contributed by atoms with Crippen LogP contribution in [0.4, 0.5) is 15.8 Å². The Hall–Kier alpha value is -3.28. The lowest BCUT2D eigenvalue weighted by Crippen LogP contribution is -2.15. The molecule has 0 spiro atoms. The van der Waals surface area contributed by atoms with E-state index in [-0.39, 0.29) is 21.0 Å². The van der Waals surface area contributed by atoms with Crippen molar-refractivity contribution in [3.8, 4) is 0 Å². The largest absolute Gasteiger partial charge is 0.322 e. The molecule has 0 saturated heterocycles. The predicted octanol–water partition coefficient (Wildman–Crippen LogP) is 2.53. The van der Waals surface area contributed by atoms with Gasteiger partial charge < -0.3 is 5.32 Å². The first-order valence-electron chi connectivity index (χ1n) is 8.37. The first-order valence-corrected chi connectivity index (χ1v) is 11.4. The Labute approximate surface area is 172 Å². The van der Waals surface area contributed by atoms with Gasteiger partial charge in [-0.25, -0.2) is 26.4 Å². The number of primary sulfonamides is 1. The van der Waals surface area contributed by atoms with Crippen LogP contribution in [0.2, 0.25) is 0 Å². The number of sulfonamides is 2. The molecule has 0 aliphatic carbocycles. The van der Waals surface area contributed by atoms with Crippen molar-refractivity contribution in [1.29, 1.82) is 0 Å². The van der Waals surface area contributed by atoms with E-state index in [0.717, 1.165) is 24.3 Å². The van der Waals surface area contributed by atoms with Crippen LogP contribution in [0.5, 0.6) is 0 Å². The smallest absolute Gasteiger partial charge is 0.261 e. The minimum Gasteiger partial charge on any atom is -0.322 e. The van der Waals surface area contributed by atoms with Crippen molar-refractivity contribution in [2.75, 3.05) is 10.0 Å². The van der Waals surface area contributed by atoms with Crippen LogP contribution < -0.4 is 15.2 Å². The van der Waals surface area contributed by atoms with Crippen LogP contribution in [0, 0.1) is 5.82 Å². The highest BCUT2D eigenvalue weighted by Gasteiger charge is 2.15. The Morgan fingerprint density at radius 2 is 1.40 bits per heavy atom. The number of benzene rings is 3. The Kier molecular flexibility index (Phi) is 5.87. The molecule has 4 N–H and O–H groups in total. The number of halogens is 1. The number of anilines is 2. The molecule has 1 amide bonds. The number of rotatable bonds is 6. The number of carbonyl (C=O) groups excluding carboxylic acids is 1. The molecule has 0 bridgehead atoms. The topological polar surface area (TPSA) is 135 Å². The molecule has 0 heterocycles. The van der Waals surface area contributed by atoms with Gasteiger partial charge in [-0.1, -0.05) is 6.07 Å². The summed E-state index contributed by atoms with van der Waals surface area (Å²) in [6.45, 7) is 0. The molecular weight excluding hydrogens is 433 g/mol. The fourth-order valence-corrected chi connectivity index (χ4v) is 4.05. The summed E-state index contributed by atoms with van der Waals surface area (Å²) in [6, 6.07) is 15.3. The average molecular weight is 449 g/mol. The molecule has 0 aromatic heterocycles. The van der Waals surface area contributed by atoms with Crippen molar-refractivity contribution in [1.82, 2.24) is 0 Å². The molecule has 0 aliphatic rings. The van der Waals surface area contributed by atoms with Crippen molar-refractivity contribution in [3.05, 3.63) is 84.2 Å². The second kappa shape index (κ2) is 8.22. The lowest BCUT2D eigenvalue weighted by Gasteiger charge is -2.10. The summed E-state index contributed by atoms with van der Waals surface area (Å²) in [5.74, 6) is -1.11. The molecule has 3 aromatic carbocycles. The van der Waals surface area contributed by atoms with Gasteiger partial charge >= 0.3 is 0 Å². The van der Waals surface area contributed by atoms with E-state index in [2.05, 4.69) is 10.0 Å². The molecule has 30 heavy (non-hydrogen) atoms. The van der Waals surface area contributed by atoms with E-state index in [9.17, 15) is 26.0 Å². The molecule has 0 unspecified atom stereocenters. The van der Waals surface area contributed by atoms with Crippen molar-refractivity contribution in [3.63, 3.8) is 0 Å². The maximum Gasteiger partial charge on any atom is 0.261 e. The number of nitrogens with one attached hydrogen (secondary N) is 2. The third-order valence-electron chi connectivity index (χ3n) is 3.94. The standard InChI is InChI=1S/C19H16FN3O5S2/c20-14-4-8-18(9-5-14)30(27,28)23-16-3-1-2-13(12-16)19(24)22-15-6-10-17(11-7-15)29(21,25)26/h1-12,23H,(H,22,24)(H2,21,25,26). The zero-order valence-electron chi connectivity index (χ0n) is 15.2. The second-order valence-corrected chi connectivity index (χ2v) is 9.41. The van der Waals surface area contributed by atoms with Gasteiger partial charge in [0.2, 0.25) is 10.0 Å². The van der Waals surface area contributed by atoms with Gasteiger partial charge in [0.25, 0.3) is 15.9 Å². The van der Waals surface area contributed by atoms with Crippen molar-refractivity contribution < 1.29 is 26.0 Å². The van der Waals surface area contributed by atoms with Crippen LogP contribution in [-0.2, 0) is 20.0 Å². The highest BCUT2D eigenvalue weighted by molar-refractivity contribution is 7.92. The SMILES string of the molecule is NS(=O)(=O)c1ccc(NC(=O)c2cccc(NS(=O)(=O)c3ccc(F)cc3)c2)cc1. The molecule has 0 radical (unpaired) electrons. The molecule has 11 heteroatoms. The van der Waals surface area contributed by atoms with Crippen molar-refractivity contribution >= 4 is 37.3 Å². The van der Waals surface area contributed by atoms with Crippen LogP contribution in [0.15, 0.2) is 82.6 Å². The summed E-state index contributed by atoms with van der Waals surface area (Å²) >= 11 is 0. The predicted molar refractivity (Wildman–Crippen MR) is 109 cm³/mol. The summed E-state index contributed by atoms with van der Waals surface area (Å²) in [4.78, 5) is 12.2. The van der Waals surface area contributed by atoms with Gasteiger partial charge in [-0.2, -0.15) is 0 Å². The van der Waals surface area contributed by atoms with E-state index < -0.39 is 31.8 Å². The first-order chi connectivity index (χ1) is 14.0. The Bertz CT molecular complexity index is 1290. The fourth-order valence-electron chi connectivity index (χ4n) is 2.48. The van der Waals surface area contributed by atoms with Gasteiger partial charge in [0.1, 0.15) is 5.82 Å². The van der Waals surface area contributed by atoms with Gasteiger partial charge in [-0.15, -0.1) is 0 Å². The highest BCUT2D eigenvalue weighted by atomic mass is 32.2. The maximum atomic E-state index is 13.0. The summed E-state index contributed by atoms with van der Waals surface area (Å²) in [7, 11) is -7.81. The van der Waals surface area contributed by atoms with E-state index in [1.807, 2.05) is 0 Å². The zero-order valence-corrected chi connectivity index (χ0v) is 16.9. The fraction of sp³-hybridized carbons (Fsp3) is 0. The Morgan fingerprint density at radius 1 is 0.800 bits per heavy atom. The summed E-state index contributed by atoms with van der Waals surface area (Å²) in [5.41, 5.74) is 0.617. The van der Waals surface area contributed by atoms with Crippen LogP contribution in [0.3, 0.4) is 0 Å². The third-order valence-corrected chi connectivity index (χ3v) is 6.27. The Balaban J connectivity index is 1.76. The van der Waals surface area contributed by atoms with E-state index >= 15 is 0 Å². The number of nitrogens with two attached hydrogens (primary N) is 1. The Morgan fingerprint density at radius 3 is 2.00 bits per heavy atom. The quantitative estimate of drug-likeness (QED) is 0.531. The molecule has 3 aromatic rings. The van der Waals surface area contributed by atoms with Crippen LogP contribution in [0.1, 0.15) is 10.4 Å². The van der Waals surface area contributed by atoms with E-state index in [1.165, 1.54) is 48.5 Å². The van der Waals surface area contributed by atoms with E-state index in [0.29, 0.717) is 5.69 Å². The second-order valence-electron chi connectivity index (χ2n) is 6.16. The van der Waals surface area contributed by atoms with Gasteiger partial charge in [0, 0.05) is 16.9 Å². The van der Waals surface area contributed by atoms with Crippen LogP contribution in [0.25, 0.3) is 0 Å².